The van der Waals surface area contributed by atoms with E-state index in [0.717, 1.165) is 18.5 Å². The normalized spacial score (nSPS) is 14.9. The van der Waals surface area contributed by atoms with Crippen LogP contribution in [0.4, 0.5) is 4.39 Å². The van der Waals surface area contributed by atoms with Crippen molar-refractivity contribution in [1.29, 1.82) is 0 Å². The van der Waals surface area contributed by atoms with Crippen molar-refractivity contribution < 1.29 is 4.39 Å². The van der Waals surface area contributed by atoms with E-state index in [9.17, 15) is 4.39 Å². The largest absolute Gasteiger partial charge is 0.314 e. The lowest BCUT2D eigenvalue weighted by molar-refractivity contribution is 0.184. The molecule has 0 aliphatic carbocycles. The summed E-state index contributed by atoms with van der Waals surface area (Å²) in [5.74, 6) is -0.116. The van der Waals surface area contributed by atoms with Gasteiger partial charge in [-0.2, -0.15) is 0 Å². The summed E-state index contributed by atoms with van der Waals surface area (Å²) >= 11 is 0. The van der Waals surface area contributed by atoms with E-state index in [1.54, 1.807) is 6.07 Å². The fourth-order valence-electron chi connectivity index (χ4n) is 2.20. The number of hydrogen-bond acceptors (Lipinski definition) is 2. The van der Waals surface area contributed by atoms with Crippen molar-refractivity contribution in [2.24, 2.45) is 0 Å². The molecule has 108 valence electrons. The fraction of sp³-hybridized carbons (Fsp3) is 0.625. The summed E-state index contributed by atoms with van der Waals surface area (Å²) in [4.78, 5) is 2.24. The molecule has 0 bridgehead atoms. The third-order valence-electron chi connectivity index (χ3n) is 3.78. The van der Waals surface area contributed by atoms with Crippen LogP contribution in [0.25, 0.3) is 0 Å². The van der Waals surface area contributed by atoms with Crippen molar-refractivity contribution in [3.8, 4) is 0 Å². The zero-order valence-electron chi connectivity index (χ0n) is 12.8. The highest BCUT2D eigenvalue weighted by Gasteiger charge is 2.19. The van der Waals surface area contributed by atoms with Gasteiger partial charge in [-0.1, -0.05) is 32.0 Å². The molecule has 0 fully saturated rings. The number of nitrogens with one attached hydrogen (secondary N) is 1. The Bertz CT molecular complexity index is 379. The molecule has 1 aromatic carbocycles. The van der Waals surface area contributed by atoms with E-state index in [0.29, 0.717) is 12.1 Å². The van der Waals surface area contributed by atoms with Gasteiger partial charge in [0.1, 0.15) is 5.82 Å². The number of halogens is 1. The first-order valence-electron chi connectivity index (χ1n) is 7.13. The molecule has 0 aliphatic heterocycles. The Kier molecular flexibility index (Phi) is 6.46. The quantitative estimate of drug-likeness (QED) is 0.811. The average molecular weight is 266 g/mol. The second-order valence-electron chi connectivity index (χ2n) is 5.61. The van der Waals surface area contributed by atoms with Crippen LogP contribution in [-0.2, 0) is 0 Å². The molecule has 0 saturated heterocycles. The van der Waals surface area contributed by atoms with Gasteiger partial charge in [0.05, 0.1) is 0 Å². The van der Waals surface area contributed by atoms with Gasteiger partial charge in [0.25, 0.3) is 0 Å². The smallest absolute Gasteiger partial charge is 0.127 e. The third kappa shape index (κ3) is 4.92. The van der Waals surface area contributed by atoms with Gasteiger partial charge in [-0.3, -0.25) is 4.90 Å². The fourth-order valence-corrected chi connectivity index (χ4v) is 2.20. The predicted octanol–water partition coefficient (Wildman–Crippen LogP) is 3.60. The van der Waals surface area contributed by atoms with E-state index in [2.05, 4.69) is 45.0 Å². The maximum absolute atomic E-state index is 13.8. The van der Waals surface area contributed by atoms with Crippen LogP contribution in [0.15, 0.2) is 24.3 Å². The van der Waals surface area contributed by atoms with Gasteiger partial charge in [-0.25, -0.2) is 4.39 Å². The lowest BCUT2D eigenvalue weighted by Gasteiger charge is -2.31. The molecule has 2 atom stereocenters. The minimum absolute atomic E-state index is 0.0928. The Morgan fingerprint density at radius 2 is 1.79 bits per heavy atom. The van der Waals surface area contributed by atoms with Crippen LogP contribution in [0, 0.1) is 5.82 Å². The molecule has 1 rings (SSSR count). The standard InChI is InChI=1S/C16H27FN2/c1-12(2)18-11-10-13(3)19(5)14(4)15-8-6-7-9-16(15)17/h6-9,12-14,18H,10-11H2,1-5H3. The molecule has 3 heteroatoms. The van der Waals surface area contributed by atoms with Crippen molar-refractivity contribution in [2.45, 2.75) is 52.2 Å². The van der Waals surface area contributed by atoms with Gasteiger partial charge >= 0.3 is 0 Å². The molecule has 0 heterocycles. The van der Waals surface area contributed by atoms with Gasteiger partial charge in [-0.15, -0.1) is 0 Å². The molecular formula is C16H27FN2. The second kappa shape index (κ2) is 7.61. The topological polar surface area (TPSA) is 15.3 Å². The Hall–Kier alpha value is -0.930. The molecule has 1 N–H and O–H groups in total. The van der Waals surface area contributed by atoms with Gasteiger partial charge in [0.2, 0.25) is 0 Å². The lowest BCUT2D eigenvalue weighted by Crippen LogP contribution is -2.35. The molecule has 0 aliphatic rings. The highest BCUT2D eigenvalue weighted by atomic mass is 19.1. The van der Waals surface area contributed by atoms with E-state index in [-0.39, 0.29) is 11.9 Å². The Balaban J connectivity index is 2.56. The Morgan fingerprint density at radius 1 is 1.16 bits per heavy atom. The van der Waals surface area contributed by atoms with E-state index >= 15 is 0 Å². The summed E-state index contributed by atoms with van der Waals surface area (Å²) in [5.41, 5.74) is 0.772. The molecule has 2 nitrogen and oxygen atoms in total. The number of rotatable bonds is 7. The lowest BCUT2D eigenvalue weighted by atomic mass is 10.0. The molecule has 1 aromatic rings. The summed E-state index contributed by atoms with van der Waals surface area (Å²) in [6.07, 6.45) is 1.06. The van der Waals surface area contributed by atoms with Crippen LogP contribution in [0.5, 0.6) is 0 Å². The van der Waals surface area contributed by atoms with Gasteiger partial charge in [0, 0.05) is 23.7 Å². The number of hydrogen-bond donors (Lipinski definition) is 1. The number of nitrogens with zero attached hydrogens (tertiary/aromatic N) is 1. The average Bonchev–Trinajstić information content (AvgIpc) is 2.37. The van der Waals surface area contributed by atoms with Crippen LogP contribution >= 0.6 is 0 Å². The highest BCUT2D eigenvalue weighted by Crippen LogP contribution is 2.23. The third-order valence-corrected chi connectivity index (χ3v) is 3.78. The minimum atomic E-state index is -0.116. The SMILES string of the molecule is CC(C)NCCC(C)N(C)C(C)c1ccccc1F. The van der Waals surface area contributed by atoms with Gasteiger partial charge < -0.3 is 5.32 Å². The summed E-state index contributed by atoms with van der Waals surface area (Å²) in [5, 5.41) is 3.42. The van der Waals surface area contributed by atoms with Crippen LogP contribution in [0.1, 0.15) is 45.7 Å². The monoisotopic (exact) mass is 266 g/mol. The Morgan fingerprint density at radius 3 is 2.37 bits per heavy atom. The number of benzene rings is 1. The summed E-state index contributed by atoms with van der Waals surface area (Å²) in [6, 6.07) is 8.06. The van der Waals surface area contributed by atoms with Crippen molar-refractivity contribution in [1.82, 2.24) is 10.2 Å². The summed E-state index contributed by atoms with van der Waals surface area (Å²) in [6.45, 7) is 9.55. The van der Waals surface area contributed by atoms with Crippen LogP contribution in [-0.4, -0.2) is 30.6 Å². The zero-order chi connectivity index (χ0) is 14.4. The van der Waals surface area contributed by atoms with Crippen molar-refractivity contribution >= 4 is 0 Å². The maximum atomic E-state index is 13.8. The van der Waals surface area contributed by atoms with Crippen LogP contribution < -0.4 is 5.32 Å². The Labute approximate surface area is 117 Å². The maximum Gasteiger partial charge on any atom is 0.127 e. The molecule has 0 aromatic heterocycles. The molecule has 0 spiro atoms. The van der Waals surface area contributed by atoms with Crippen molar-refractivity contribution in [3.63, 3.8) is 0 Å². The van der Waals surface area contributed by atoms with Gasteiger partial charge in [0.15, 0.2) is 0 Å². The van der Waals surface area contributed by atoms with E-state index in [4.69, 9.17) is 0 Å². The van der Waals surface area contributed by atoms with Crippen molar-refractivity contribution in [2.75, 3.05) is 13.6 Å². The van der Waals surface area contributed by atoms with Crippen molar-refractivity contribution in [3.05, 3.63) is 35.6 Å². The van der Waals surface area contributed by atoms with Crippen LogP contribution in [0.2, 0.25) is 0 Å². The first kappa shape index (κ1) is 16.1. The first-order chi connectivity index (χ1) is 8.93. The molecule has 2 unspecified atom stereocenters. The molecule has 0 amide bonds. The second-order valence-corrected chi connectivity index (χ2v) is 5.61. The minimum Gasteiger partial charge on any atom is -0.314 e. The molecular weight excluding hydrogens is 239 g/mol. The zero-order valence-corrected chi connectivity index (χ0v) is 12.8. The molecule has 0 saturated carbocycles. The summed E-state index contributed by atoms with van der Waals surface area (Å²) < 4.78 is 13.8. The van der Waals surface area contributed by atoms with E-state index < -0.39 is 0 Å². The molecule has 19 heavy (non-hydrogen) atoms. The first-order valence-corrected chi connectivity index (χ1v) is 7.13. The van der Waals surface area contributed by atoms with Gasteiger partial charge in [-0.05, 0) is 39.9 Å². The highest BCUT2D eigenvalue weighted by molar-refractivity contribution is 5.20. The summed E-state index contributed by atoms with van der Waals surface area (Å²) in [7, 11) is 2.07. The van der Waals surface area contributed by atoms with E-state index in [1.807, 2.05) is 12.1 Å². The predicted molar refractivity (Wildman–Crippen MR) is 79.8 cm³/mol. The van der Waals surface area contributed by atoms with E-state index in [1.165, 1.54) is 6.07 Å². The van der Waals surface area contributed by atoms with Crippen LogP contribution in [0.3, 0.4) is 0 Å². The molecule has 0 radical (unpaired) electrons.